The number of benzene rings is 1. The van der Waals surface area contributed by atoms with Crippen LogP contribution in [0.15, 0.2) is 24.3 Å². The highest BCUT2D eigenvalue weighted by Gasteiger charge is 2.31. The molecule has 0 bridgehead atoms. The number of amides is 2. The molecule has 0 aromatic heterocycles. The number of hydrogen-bond donors (Lipinski definition) is 3. The Balaban J connectivity index is 2.38. The largest absolute Gasteiger partial charge is 0.573 e. The van der Waals surface area contributed by atoms with E-state index in [1.807, 2.05) is 0 Å². The molecule has 0 spiro atoms. The molecule has 0 aliphatic heterocycles. The molecule has 0 fully saturated rings. The van der Waals surface area contributed by atoms with Gasteiger partial charge in [0.2, 0.25) is 0 Å². The number of ether oxygens (including phenoxy) is 1. The van der Waals surface area contributed by atoms with E-state index >= 15 is 0 Å². The number of carbonyl (C=O) groups is 1. The number of halogens is 3. The van der Waals surface area contributed by atoms with Gasteiger partial charge in [-0.2, -0.15) is 0 Å². The fraction of sp³-hybridized carbons (Fsp3) is 0.364. The molecular formula is C11H14F3N3O2. The smallest absolute Gasteiger partial charge is 0.406 e. The van der Waals surface area contributed by atoms with Gasteiger partial charge in [-0.15, -0.1) is 13.2 Å². The minimum atomic E-state index is -4.70. The van der Waals surface area contributed by atoms with Gasteiger partial charge in [0.05, 0.1) is 0 Å². The molecule has 4 N–H and O–H groups in total. The zero-order valence-corrected chi connectivity index (χ0v) is 9.96. The van der Waals surface area contributed by atoms with E-state index in [0.29, 0.717) is 25.2 Å². The number of nitrogens with one attached hydrogen (secondary N) is 2. The average Bonchev–Trinajstić information content (AvgIpc) is 2.26. The molecule has 0 aliphatic carbocycles. The molecular weight excluding hydrogens is 263 g/mol. The Morgan fingerprint density at radius 1 is 1.32 bits per heavy atom. The van der Waals surface area contributed by atoms with Gasteiger partial charge < -0.3 is 21.1 Å². The first-order valence-electron chi connectivity index (χ1n) is 5.45. The predicted octanol–water partition coefficient (Wildman–Crippen LogP) is 1.34. The molecule has 0 unspecified atom stereocenters. The van der Waals surface area contributed by atoms with Crippen LogP contribution >= 0.6 is 0 Å². The van der Waals surface area contributed by atoms with Crippen LogP contribution in [0.5, 0.6) is 5.75 Å². The Labute approximate surface area is 107 Å². The molecule has 1 rings (SSSR count). The monoisotopic (exact) mass is 277 g/mol. The topological polar surface area (TPSA) is 76.4 Å². The van der Waals surface area contributed by atoms with Crippen LogP contribution in [0, 0.1) is 0 Å². The summed E-state index contributed by atoms with van der Waals surface area (Å²) in [6.45, 7) is 1.15. The maximum absolute atomic E-state index is 12.0. The second-order valence-corrected chi connectivity index (χ2v) is 3.66. The van der Waals surface area contributed by atoms with Gasteiger partial charge in [0.25, 0.3) is 0 Å². The number of alkyl halides is 3. The van der Waals surface area contributed by atoms with Crippen molar-refractivity contribution in [3.8, 4) is 5.75 Å². The number of nitrogens with two attached hydrogens (primary N) is 1. The predicted molar refractivity (Wildman–Crippen MR) is 62.4 cm³/mol. The molecule has 1 aromatic carbocycles. The zero-order chi connectivity index (χ0) is 14.3. The van der Waals surface area contributed by atoms with Crippen molar-refractivity contribution in [3.05, 3.63) is 29.8 Å². The van der Waals surface area contributed by atoms with Crippen LogP contribution in [-0.4, -0.2) is 25.5 Å². The Kier molecular flexibility index (Phi) is 5.43. The minimum Gasteiger partial charge on any atom is -0.406 e. The summed E-state index contributed by atoms with van der Waals surface area (Å²) in [5.74, 6) is -0.262. The maximum atomic E-state index is 12.0. The molecule has 1 aromatic rings. The van der Waals surface area contributed by atoms with E-state index in [4.69, 9.17) is 5.73 Å². The Morgan fingerprint density at radius 2 is 2.05 bits per heavy atom. The lowest BCUT2D eigenvalue weighted by molar-refractivity contribution is -0.274. The third-order valence-electron chi connectivity index (χ3n) is 2.06. The van der Waals surface area contributed by atoms with Crippen LogP contribution in [0.2, 0.25) is 0 Å². The lowest BCUT2D eigenvalue weighted by Crippen LogP contribution is -2.35. The van der Waals surface area contributed by atoms with Gasteiger partial charge in [-0.05, 0) is 17.7 Å². The summed E-state index contributed by atoms with van der Waals surface area (Å²) < 4.78 is 39.8. The third-order valence-corrected chi connectivity index (χ3v) is 2.06. The highest BCUT2D eigenvalue weighted by molar-refractivity contribution is 5.71. The summed E-state index contributed by atoms with van der Waals surface area (Å²) in [7, 11) is 0. The molecule has 19 heavy (non-hydrogen) atoms. The quantitative estimate of drug-likeness (QED) is 0.687. The molecule has 2 amide bonds. The van der Waals surface area contributed by atoms with E-state index in [2.05, 4.69) is 15.4 Å². The SMILES string of the molecule is NC(=O)NCCNCc1cccc(OC(F)(F)F)c1. The van der Waals surface area contributed by atoms with Crippen molar-refractivity contribution in [2.24, 2.45) is 5.73 Å². The van der Waals surface area contributed by atoms with Crippen molar-refractivity contribution in [2.45, 2.75) is 12.9 Å². The standard InChI is InChI=1S/C11H14F3N3O2/c12-11(13,14)19-9-3-1-2-8(6-9)7-16-4-5-17-10(15)18/h1-3,6,16H,4-5,7H2,(H3,15,17,18). The van der Waals surface area contributed by atoms with E-state index in [1.54, 1.807) is 6.07 Å². The van der Waals surface area contributed by atoms with E-state index in [1.165, 1.54) is 18.2 Å². The van der Waals surface area contributed by atoms with Crippen molar-refractivity contribution in [2.75, 3.05) is 13.1 Å². The number of rotatable bonds is 6. The van der Waals surface area contributed by atoms with Gasteiger partial charge in [0.15, 0.2) is 0 Å². The summed E-state index contributed by atoms with van der Waals surface area (Å²) in [6.07, 6.45) is -4.70. The highest BCUT2D eigenvalue weighted by atomic mass is 19.4. The van der Waals surface area contributed by atoms with Gasteiger partial charge >= 0.3 is 12.4 Å². The molecule has 0 saturated carbocycles. The molecule has 106 valence electrons. The summed E-state index contributed by atoms with van der Waals surface area (Å²) in [6, 6.07) is 5.04. The average molecular weight is 277 g/mol. The van der Waals surface area contributed by atoms with Crippen LogP contribution in [0.3, 0.4) is 0 Å². The Bertz CT molecular complexity index is 424. The second-order valence-electron chi connectivity index (χ2n) is 3.66. The van der Waals surface area contributed by atoms with Crippen LogP contribution in [0.25, 0.3) is 0 Å². The normalized spacial score (nSPS) is 11.1. The molecule has 0 saturated heterocycles. The van der Waals surface area contributed by atoms with Gasteiger partial charge in [-0.3, -0.25) is 0 Å². The second kappa shape index (κ2) is 6.83. The van der Waals surface area contributed by atoms with Crippen molar-refractivity contribution in [1.29, 1.82) is 0 Å². The molecule has 0 atom stereocenters. The lowest BCUT2D eigenvalue weighted by Gasteiger charge is -2.10. The van der Waals surface area contributed by atoms with Crippen LogP contribution in [0.1, 0.15) is 5.56 Å². The molecule has 8 heteroatoms. The third kappa shape index (κ3) is 7.14. The first-order chi connectivity index (χ1) is 8.87. The number of urea groups is 1. The van der Waals surface area contributed by atoms with Crippen LogP contribution in [-0.2, 0) is 6.54 Å². The zero-order valence-electron chi connectivity index (χ0n) is 9.96. The fourth-order valence-electron chi connectivity index (χ4n) is 1.36. The van der Waals surface area contributed by atoms with Gasteiger partial charge in [0.1, 0.15) is 5.75 Å². The molecule has 5 nitrogen and oxygen atoms in total. The highest BCUT2D eigenvalue weighted by Crippen LogP contribution is 2.23. The van der Waals surface area contributed by atoms with Crippen LogP contribution in [0.4, 0.5) is 18.0 Å². The lowest BCUT2D eigenvalue weighted by atomic mass is 10.2. The van der Waals surface area contributed by atoms with Gasteiger partial charge in [0, 0.05) is 19.6 Å². The summed E-state index contributed by atoms with van der Waals surface area (Å²) in [5.41, 5.74) is 5.50. The summed E-state index contributed by atoms with van der Waals surface area (Å²) in [5, 5.41) is 5.32. The van der Waals surface area contributed by atoms with E-state index in [9.17, 15) is 18.0 Å². The molecule has 0 aliphatic rings. The van der Waals surface area contributed by atoms with Crippen molar-refractivity contribution in [3.63, 3.8) is 0 Å². The maximum Gasteiger partial charge on any atom is 0.573 e. The van der Waals surface area contributed by atoms with E-state index in [-0.39, 0.29) is 5.75 Å². The number of primary amides is 1. The molecule has 0 heterocycles. The minimum absolute atomic E-state index is 0.262. The summed E-state index contributed by atoms with van der Waals surface area (Å²) in [4.78, 5) is 10.4. The molecule has 0 radical (unpaired) electrons. The number of hydrogen-bond acceptors (Lipinski definition) is 3. The first kappa shape index (κ1) is 15.1. The van der Waals surface area contributed by atoms with E-state index < -0.39 is 12.4 Å². The fourth-order valence-corrected chi connectivity index (χ4v) is 1.36. The van der Waals surface area contributed by atoms with Gasteiger partial charge in [-0.25, -0.2) is 4.79 Å². The first-order valence-corrected chi connectivity index (χ1v) is 5.45. The van der Waals surface area contributed by atoms with Crippen LogP contribution < -0.4 is 21.1 Å². The Morgan fingerprint density at radius 3 is 2.68 bits per heavy atom. The summed E-state index contributed by atoms with van der Waals surface area (Å²) >= 11 is 0. The van der Waals surface area contributed by atoms with Crippen molar-refractivity contribution < 1.29 is 22.7 Å². The van der Waals surface area contributed by atoms with Gasteiger partial charge in [-0.1, -0.05) is 12.1 Å². The van der Waals surface area contributed by atoms with Crippen molar-refractivity contribution >= 4 is 6.03 Å². The number of carbonyl (C=O) groups excluding carboxylic acids is 1. The van der Waals surface area contributed by atoms with E-state index in [0.717, 1.165) is 0 Å². The Hall–Kier alpha value is -1.96. The van der Waals surface area contributed by atoms with Crippen molar-refractivity contribution in [1.82, 2.24) is 10.6 Å².